The molecular formula is C20H25ClN2O. The molecule has 0 unspecified atom stereocenters. The highest BCUT2D eigenvalue weighted by Gasteiger charge is 2.37. The van der Waals surface area contributed by atoms with E-state index < -0.39 is 5.54 Å². The van der Waals surface area contributed by atoms with Crippen LogP contribution in [0.4, 0.5) is 0 Å². The first kappa shape index (κ1) is 18.5. The summed E-state index contributed by atoms with van der Waals surface area (Å²) in [5.41, 5.74) is 8.00. The van der Waals surface area contributed by atoms with E-state index in [4.69, 9.17) is 5.73 Å². The molecule has 1 fully saturated rings. The van der Waals surface area contributed by atoms with Crippen molar-refractivity contribution in [1.82, 2.24) is 5.32 Å². The Morgan fingerprint density at radius 3 is 1.88 bits per heavy atom. The summed E-state index contributed by atoms with van der Waals surface area (Å²) >= 11 is 0. The van der Waals surface area contributed by atoms with Crippen LogP contribution in [0.25, 0.3) is 0 Å². The van der Waals surface area contributed by atoms with Gasteiger partial charge in [-0.1, -0.05) is 73.5 Å². The van der Waals surface area contributed by atoms with Crippen molar-refractivity contribution in [3.8, 4) is 0 Å². The molecule has 4 heteroatoms. The molecule has 2 aromatic rings. The minimum atomic E-state index is -0.669. The molecule has 2 aromatic carbocycles. The summed E-state index contributed by atoms with van der Waals surface area (Å²) in [5.74, 6) is 0.137. The number of hydrogen-bond acceptors (Lipinski definition) is 2. The SMILES string of the molecule is Cl.NC1(C(=O)NCC(c2ccccc2)c2ccccc2)CCCC1. The Hall–Kier alpha value is -1.84. The first-order valence-corrected chi connectivity index (χ1v) is 8.36. The van der Waals surface area contributed by atoms with E-state index in [1.807, 2.05) is 36.4 Å². The van der Waals surface area contributed by atoms with Gasteiger partial charge in [-0.3, -0.25) is 4.79 Å². The first-order chi connectivity index (χ1) is 11.2. The second-order valence-corrected chi connectivity index (χ2v) is 6.45. The van der Waals surface area contributed by atoms with Crippen molar-refractivity contribution >= 4 is 18.3 Å². The van der Waals surface area contributed by atoms with Crippen LogP contribution in [-0.4, -0.2) is 18.0 Å². The van der Waals surface area contributed by atoms with Crippen molar-refractivity contribution in [2.45, 2.75) is 37.1 Å². The van der Waals surface area contributed by atoms with Gasteiger partial charge >= 0.3 is 0 Å². The van der Waals surface area contributed by atoms with Crippen LogP contribution in [0.3, 0.4) is 0 Å². The quantitative estimate of drug-likeness (QED) is 0.870. The molecule has 0 saturated heterocycles. The number of nitrogens with two attached hydrogens (primary N) is 1. The van der Waals surface area contributed by atoms with Gasteiger partial charge in [-0.15, -0.1) is 12.4 Å². The van der Waals surface area contributed by atoms with Crippen molar-refractivity contribution in [2.24, 2.45) is 5.73 Å². The molecule has 3 rings (SSSR count). The lowest BCUT2D eigenvalue weighted by atomic mass is 9.90. The maximum Gasteiger partial charge on any atom is 0.240 e. The summed E-state index contributed by atoms with van der Waals surface area (Å²) in [6.45, 7) is 0.575. The zero-order valence-electron chi connectivity index (χ0n) is 13.8. The smallest absolute Gasteiger partial charge is 0.240 e. The molecule has 0 atom stereocenters. The molecule has 1 amide bonds. The minimum Gasteiger partial charge on any atom is -0.354 e. The maximum atomic E-state index is 12.5. The van der Waals surface area contributed by atoms with E-state index in [0.717, 1.165) is 25.7 Å². The average molecular weight is 345 g/mol. The van der Waals surface area contributed by atoms with Gasteiger partial charge in [0.25, 0.3) is 0 Å². The van der Waals surface area contributed by atoms with Crippen molar-refractivity contribution in [2.75, 3.05) is 6.54 Å². The lowest BCUT2D eigenvalue weighted by Crippen LogP contribution is -2.52. The Labute approximate surface area is 150 Å². The molecule has 1 aliphatic carbocycles. The van der Waals surface area contributed by atoms with Gasteiger partial charge in [-0.05, 0) is 24.0 Å². The highest BCUT2D eigenvalue weighted by Crippen LogP contribution is 2.28. The largest absolute Gasteiger partial charge is 0.354 e. The zero-order chi connectivity index (χ0) is 16.1. The van der Waals surface area contributed by atoms with Gasteiger partial charge in [0.15, 0.2) is 0 Å². The zero-order valence-corrected chi connectivity index (χ0v) is 14.6. The molecule has 0 spiro atoms. The molecule has 0 radical (unpaired) electrons. The van der Waals surface area contributed by atoms with Crippen LogP contribution in [0.1, 0.15) is 42.7 Å². The predicted molar refractivity (Wildman–Crippen MR) is 100 cm³/mol. The van der Waals surface area contributed by atoms with Crippen molar-refractivity contribution < 1.29 is 4.79 Å². The minimum absolute atomic E-state index is 0. The standard InChI is InChI=1S/C20H24N2O.ClH/c21-20(13-7-8-14-20)19(23)22-15-18(16-9-3-1-4-10-16)17-11-5-2-6-12-17;/h1-6,9-12,18H,7-8,13-15,21H2,(H,22,23);1H. The molecule has 0 heterocycles. The number of carbonyl (C=O) groups excluding carboxylic acids is 1. The van der Waals surface area contributed by atoms with Crippen LogP contribution in [0.2, 0.25) is 0 Å². The maximum absolute atomic E-state index is 12.5. The lowest BCUT2D eigenvalue weighted by molar-refractivity contribution is -0.126. The number of halogens is 1. The molecule has 0 aromatic heterocycles. The highest BCUT2D eigenvalue weighted by molar-refractivity contribution is 5.86. The van der Waals surface area contributed by atoms with Gasteiger partial charge in [0.05, 0.1) is 5.54 Å². The third kappa shape index (κ3) is 4.16. The van der Waals surface area contributed by atoms with E-state index >= 15 is 0 Å². The number of carbonyl (C=O) groups is 1. The molecule has 1 aliphatic rings. The predicted octanol–water partition coefficient (Wildman–Crippen LogP) is 3.63. The Kier molecular flexibility index (Phi) is 6.41. The Morgan fingerprint density at radius 1 is 0.958 bits per heavy atom. The molecule has 1 saturated carbocycles. The van der Waals surface area contributed by atoms with Crippen LogP contribution in [0.5, 0.6) is 0 Å². The summed E-state index contributed by atoms with van der Waals surface area (Å²) in [5, 5.41) is 3.10. The van der Waals surface area contributed by atoms with E-state index in [-0.39, 0.29) is 24.2 Å². The van der Waals surface area contributed by atoms with Crippen LogP contribution >= 0.6 is 12.4 Å². The van der Waals surface area contributed by atoms with Gasteiger partial charge < -0.3 is 11.1 Å². The average Bonchev–Trinajstić information content (AvgIpc) is 3.05. The number of hydrogen-bond donors (Lipinski definition) is 2. The first-order valence-electron chi connectivity index (χ1n) is 8.36. The summed E-state index contributed by atoms with van der Waals surface area (Å²) in [6.07, 6.45) is 3.68. The fraction of sp³-hybridized carbons (Fsp3) is 0.350. The van der Waals surface area contributed by atoms with Crippen molar-refractivity contribution in [3.63, 3.8) is 0 Å². The summed E-state index contributed by atoms with van der Waals surface area (Å²) < 4.78 is 0. The van der Waals surface area contributed by atoms with E-state index in [0.29, 0.717) is 6.54 Å². The number of nitrogens with one attached hydrogen (secondary N) is 1. The monoisotopic (exact) mass is 344 g/mol. The van der Waals surface area contributed by atoms with Crippen LogP contribution < -0.4 is 11.1 Å². The summed E-state index contributed by atoms with van der Waals surface area (Å²) in [6, 6.07) is 20.6. The fourth-order valence-electron chi connectivity index (χ4n) is 3.40. The normalized spacial score (nSPS) is 15.8. The number of rotatable bonds is 5. The number of benzene rings is 2. The summed E-state index contributed by atoms with van der Waals surface area (Å²) in [7, 11) is 0. The second kappa shape index (κ2) is 8.32. The lowest BCUT2D eigenvalue weighted by Gasteiger charge is -2.25. The second-order valence-electron chi connectivity index (χ2n) is 6.45. The molecule has 3 nitrogen and oxygen atoms in total. The Morgan fingerprint density at radius 2 is 1.42 bits per heavy atom. The Balaban J connectivity index is 0.00000208. The van der Waals surface area contributed by atoms with Crippen LogP contribution in [0.15, 0.2) is 60.7 Å². The molecule has 0 bridgehead atoms. The molecule has 24 heavy (non-hydrogen) atoms. The number of amides is 1. The van der Waals surface area contributed by atoms with E-state index in [1.54, 1.807) is 0 Å². The van der Waals surface area contributed by atoms with Gasteiger partial charge in [-0.25, -0.2) is 0 Å². The summed E-state index contributed by atoms with van der Waals surface area (Å²) in [4.78, 5) is 12.5. The molecule has 0 aliphatic heterocycles. The topological polar surface area (TPSA) is 55.1 Å². The molecular weight excluding hydrogens is 320 g/mol. The van der Waals surface area contributed by atoms with Gasteiger partial charge in [0.1, 0.15) is 0 Å². The van der Waals surface area contributed by atoms with Crippen LogP contribution in [-0.2, 0) is 4.79 Å². The fourth-order valence-corrected chi connectivity index (χ4v) is 3.40. The van der Waals surface area contributed by atoms with Gasteiger partial charge in [0, 0.05) is 12.5 Å². The van der Waals surface area contributed by atoms with E-state index in [1.165, 1.54) is 11.1 Å². The van der Waals surface area contributed by atoms with Crippen LogP contribution in [0, 0.1) is 0 Å². The molecule has 128 valence electrons. The third-order valence-corrected chi connectivity index (χ3v) is 4.82. The van der Waals surface area contributed by atoms with E-state index in [9.17, 15) is 4.79 Å². The third-order valence-electron chi connectivity index (χ3n) is 4.82. The van der Waals surface area contributed by atoms with E-state index in [2.05, 4.69) is 29.6 Å². The van der Waals surface area contributed by atoms with Gasteiger partial charge in [0.2, 0.25) is 5.91 Å². The molecule has 3 N–H and O–H groups in total. The van der Waals surface area contributed by atoms with Crippen molar-refractivity contribution in [1.29, 1.82) is 0 Å². The Bertz CT molecular complexity index is 600. The highest BCUT2D eigenvalue weighted by atomic mass is 35.5. The van der Waals surface area contributed by atoms with Crippen molar-refractivity contribution in [3.05, 3.63) is 71.8 Å². The van der Waals surface area contributed by atoms with Gasteiger partial charge in [-0.2, -0.15) is 0 Å².